The first-order chi connectivity index (χ1) is 10.7. The molecule has 3 rings (SSSR count). The molecular formula is C16H16FN3O2. The third-order valence-corrected chi connectivity index (χ3v) is 3.73. The summed E-state index contributed by atoms with van der Waals surface area (Å²) in [6, 6.07) is 4.84. The Morgan fingerprint density at radius 1 is 1.27 bits per heavy atom. The lowest BCUT2D eigenvalue weighted by Crippen LogP contribution is -2.36. The second-order valence-corrected chi connectivity index (χ2v) is 5.27. The number of aromatic nitrogens is 2. The van der Waals surface area contributed by atoms with Gasteiger partial charge in [0.2, 0.25) is 5.95 Å². The van der Waals surface area contributed by atoms with Crippen molar-refractivity contribution in [2.75, 3.05) is 18.0 Å². The van der Waals surface area contributed by atoms with Gasteiger partial charge in [0.15, 0.2) is 5.78 Å². The molecule has 6 heteroatoms. The summed E-state index contributed by atoms with van der Waals surface area (Å²) in [5, 5.41) is 9.12. The molecular weight excluding hydrogens is 285 g/mol. The first-order valence-electron chi connectivity index (χ1n) is 7.16. The lowest BCUT2D eigenvalue weighted by atomic mass is 10.1. The summed E-state index contributed by atoms with van der Waals surface area (Å²) in [6.45, 7) is 0.724. The van der Waals surface area contributed by atoms with Crippen LogP contribution in [-0.2, 0) is 11.4 Å². The van der Waals surface area contributed by atoms with Gasteiger partial charge >= 0.3 is 0 Å². The fourth-order valence-electron chi connectivity index (χ4n) is 2.56. The highest BCUT2D eigenvalue weighted by Crippen LogP contribution is 2.25. The highest BCUT2D eigenvalue weighted by Gasteiger charge is 2.19. The van der Waals surface area contributed by atoms with Crippen molar-refractivity contribution in [2.45, 2.75) is 19.4 Å². The second kappa shape index (κ2) is 6.19. The second-order valence-electron chi connectivity index (χ2n) is 5.27. The summed E-state index contributed by atoms with van der Waals surface area (Å²) in [5.74, 6) is 0.200. The molecule has 114 valence electrons. The fraction of sp³-hybridized carbons (Fsp3) is 0.312. The van der Waals surface area contributed by atoms with Crippen LogP contribution in [0.4, 0.5) is 10.3 Å². The number of aliphatic hydroxyl groups is 1. The minimum atomic E-state index is -0.463. The summed E-state index contributed by atoms with van der Waals surface area (Å²) < 4.78 is 14.2. The van der Waals surface area contributed by atoms with Crippen LogP contribution in [0.5, 0.6) is 0 Å². The van der Waals surface area contributed by atoms with Gasteiger partial charge in [-0.1, -0.05) is 18.2 Å². The molecule has 1 aromatic heterocycles. The predicted molar refractivity (Wildman–Crippen MR) is 79.8 cm³/mol. The van der Waals surface area contributed by atoms with Crippen molar-refractivity contribution in [3.05, 3.63) is 42.0 Å². The van der Waals surface area contributed by atoms with Gasteiger partial charge in [-0.05, 0) is 6.42 Å². The molecule has 0 atom stereocenters. The number of anilines is 1. The first kappa shape index (κ1) is 14.6. The number of carbonyl (C=O) groups is 1. The van der Waals surface area contributed by atoms with Crippen LogP contribution in [0.3, 0.4) is 0 Å². The Labute approximate surface area is 127 Å². The van der Waals surface area contributed by atoms with Gasteiger partial charge in [-0.15, -0.1) is 0 Å². The Hall–Kier alpha value is -2.34. The van der Waals surface area contributed by atoms with Gasteiger partial charge in [0, 0.05) is 42.0 Å². The molecule has 0 unspecified atom stereocenters. The number of carbonyl (C=O) groups excluding carboxylic acids is 1. The average molecular weight is 301 g/mol. The Bertz CT molecular complexity index is 688. The summed E-state index contributed by atoms with van der Waals surface area (Å²) in [4.78, 5) is 21.8. The summed E-state index contributed by atoms with van der Waals surface area (Å²) in [6.07, 6.45) is 4.49. The van der Waals surface area contributed by atoms with Crippen molar-refractivity contribution >= 4 is 11.7 Å². The molecule has 0 radical (unpaired) electrons. The Morgan fingerprint density at radius 3 is 2.73 bits per heavy atom. The average Bonchev–Trinajstić information content (AvgIpc) is 2.55. The van der Waals surface area contributed by atoms with Gasteiger partial charge in [-0.2, -0.15) is 0 Å². The number of halogens is 1. The van der Waals surface area contributed by atoms with Gasteiger partial charge in [-0.25, -0.2) is 14.4 Å². The van der Waals surface area contributed by atoms with E-state index in [9.17, 15) is 9.18 Å². The molecule has 0 saturated carbocycles. The molecule has 1 fully saturated rings. The molecule has 1 N–H and O–H groups in total. The number of benzene rings is 1. The largest absolute Gasteiger partial charge is 0.392 e. The quantitative estimate of drug-likeness (QED) is 0.938. The number of ketones is 1. The van der Waals surface area contributed by atoms with Crippen LogP contribution >= 0.6 is 0 Å². The first-order valence-corrected chi connectivity index (χ1v) is 7.16. The number of rotatable bonds is 3. The molecule has 1 aliphatic rings. The summed E-state index contributed by atoms with van der Waals surface area (Å²) >= 11 is 0. The highest BCUT2D eigenvalue weighted by molar-refractivity contribution is 5.84. The Morgan fingerprint density at radius 2 is 2.05 bits per heavy atom. The molecule has 22 heavy (non-hydrogen) atoms. The predicted octanol–water partition coefficient (Wildman–Crippen LogP) is 1.94. The number of hydrogen-bond acceptors (Lipinski definition) is 5. The van der Waals surface area contributed by atoms with Crippen LogP contribution in [0, 0.1) is 5.82 Å². The monoisotopic (exact) mass is 301 g/mol. The zero-order valence-corrected chi connectivity index (χ0v) is 12.0. The van der Waals surface area contributed by atoms with E-state index in [0.717, 1.165) is 13.0 Å². The molecule has 2 aromatic rings. The van der Waals surface area contributed by atoms with Crippen molar-refractivity contribution in [2.24, 2.45) is 0 Å². The maximum atomic E-state index is 14.2. The van der Waals surface area contributed by atoms with E-state index in [0.29, 0.717) is 30.0 Å². The van der Waals surface area contributed by atoms with Gasteiger partial charge in [-0.3, -0.25) is 4.79 Å². The maximum absolute atomic E-state index is 14.2. The standard InChI is InChI=1S/C16H16FN3O2/c17-15-11(10-21)3-1-5-14(15)12-7-18-16(19-8-12)20-6-2-4-13(22)9-20/h1,3,5,7-8,21H,2,4,6,9-10H2. The molecule has 1 saturated heterocycles. The summed E-state index contributed by atoms with van der Waals surface area (Å²) in [7, 11) is 0. The van der Waals surface area contributed by atoms with Crippen molar-refractivity contribution in [3.8, 4) is 11.1 Å². The molecule has 1 aliphatic heterocycles. The van der Waals surface area contributed by atoms with E-state index in [1.165, 1.54) is 6.07 Å². The SMILES string of the molecule is O=C1CCCN(c2ncc(-c3cccc(CO)c3F)cn2)C1. The minimum Gasteiger partial charge on any atom is -0.392 e. The normalized spacial score (nSPS) is 15.2. The van der Waals surface area contributed by atoms with Crippen LogP contribution in [0.1, 0.15) is 18.4 Å². The maximum Gasteiger partial charge on any atom is 0.225 e. The zero-order valence-electron chi connectivity index (χ0n) is 12.0. The smallest absolute Gasteiger partial charge is 0.225 e. The van der Waals surface area contributed by atoms with Gasteiger partial charge in [0.05, 0.1) is 13.2 Å². The highest BCUT2D eigenvalue weighted by atomic mass is 19.1. The molecule has 0 spiro atoms. The molecule has 0 amide bonds. The van der Waals surface area contributed by atoms with Crippen LogP contribution in [-0.4, -0.2) is 33.9 Å². The topological polar surface area (TPSA) is 66.3 Å². The lowest BCUT2D eigenvalue weighted by Gasteiger charge is -2.25. The van der Waals surface area contributed by atoms with Crippen LogP contribution in [0.15, 0.2) is 30.6 Å². The third kappa shape index (κ3) is 2.82. The van der Waals surface area contributed by atoms with Crippen LogP contribution in [0.25, 0.3) is 11.1 Å². The van der Waals surface area contributed by atoms with E-state index >= 15 is 0 Å². The number of hydrogen-bond donors (Lipinski definition) is 1. The van der Waals surface area contributed by atoms with E-state index in [4.69, 9.17) is 5.11 Å². The van der Waals surface area contributed by atoms with Crippen molar-refractivity contribution in [1.29, 1.82) is 0 Å². The molecule has 2 heterocycles. The van der Waals surface area contributed by atoms with Crippen molar-refractivity contribution < 1.29 is 14.3 Å². The van der Waals surface area contributed by atoms with E-state index < -0.39 is 5.82 Å². The Balaban J connectivity index is 1.87. The van der Waals surface area contributed by atoms with E-state index in [1.54, 1.807) is 24.5 Å². The van der Waals surface area contributed by atoms with Gasteiger partial charge in [0.25, 0.3) is 0 Å². The summed E-state index contributed by atoms with van der Waals surface area (Å²) in [5.41, 5.74) is 1.14. The van der Waals surface area contributed by atoms with Crippen LogP contribution in [0.2, 0.25) is 0 Å². The van der Waals surface area contributed by atoms with E-state index in [-0.39, 0.29) is 18.0 Å². The number of Topliss-reactive ketones (excluding diaryl/α,β-unsaturated/α-hetero) is 1. The molecule has 1 aromatic carbocycles. The molecule has 5 nitrogen and oxygen atoms in total. The lowest BCUT2D eigenvalue weighted by molar-refractivity contribution is -0.118. The number of nitrogens with zero attached hydrogens (tertiary/aromatic N) is 3. The van der Waals surface area contributed by atoms with Crippen molar-refractivity contribution in [3.63, 3.8) is 0 Å². The molecule has 0 bridgehead atoms. The van der Waals surface area contributed by atoms with Crippen LogP contribution < -0.4 is 4.90 Å². The third-order valence-electron chi connectivity index (χ3n) is 3.73. The van der Waals surface area contributed by atoms with E-state index in [2.05, 4.69) is 9.97 Å². The fourth-order valence-corrected chi connectivity index (χ4v) is 2.56. The van der Waals surface area contributed by atoms with Gasteiger partial charge < -0.3 is 10.0 Å². The van der Waals surface area contributed by atoms with Crippen molar-refractivity contribution in [1.82, 2.24) is 9.97 Å². The van der Waals surface area contributed by atoms with Gasteiger partial charge in [0.1, 0.15) is 5.82 Å². The zero-order chi connectivity index (χ0) is 15.5. The van der Waals surface area contributed by atoms with E-state index in [1.807, 2.05) is 4.90 Å². The number of piperidine rings is 1. The Kier molecular flexibility index (Phi) is 4.11. The molecule has 0 aliphatic carbocycles. The minimum absolute atomic E-state index is 0.181. The number of aliphatic hydroxyl groups excluding tert-OH is 1.